The maximum Gasteiger partial charge on any atom is 0.237 e. The lowest BCUT2D eigenvalue weighted by molar-refractivity contribution is -0.127. The van der Waals surface area contributed by atoms with E-state index in [0.29, 0.717) is 0 Å². The summed E-state index contributed by atoms with van der Waals surface area (Å²) in [5, 5.41) is 6.30. The summed E-state index contributed by atoms with van der Waals surface area (Å²) in [7, 11) is 0. The number of rotatable bonds is 2. The van der Waals surface area contributed by atoms with Gasteiger partial charge < -0.3 is 10.6 Å². The minimum Gasteiger partial charge on any atom is -0.350 e. The summed E-state index contributed by atoms with van der Waals surface area (Å²) in [6.07, 6.45) is 0. The van der Waals surface area contributed by atoms with Crippen molar-refractivity contribution >= 4 is 5.91 Å². The molecule has 1 fully saturated rings. The van der Waals surface area contributed by atoms with Crippen LogP contribution in [-0.2, 0) is 4.79 Å². The summed E-state index contributed by atoms with van der Waals surface area (Å²) in [6, 6.07) is -0.0219. The highest BCUT2D eigenvalue weighted by atomic mass is 16.2. The Bertz CT molecular complexity index is 216. The molecule has 1 heterocycles. The average molecular weight is 213 g/mol. The monoisotopic (exact) mass is 213 g/mol. The molecule has 0 aromatic rings. The van der Waals surface area contributed by atoms with Crippen molar-refractivity contribution in [3.05, 3.63) is 0 Å². The Balaban J connectivity index is 2.44. The summed E-state index contributed by atoms with van der Waals surface area (Å²) in [5.74, 6) is 0.129. The molecule has 4 heteroatoms. The molecule has 0 aliphatic carbocycles. The van der Waals surface area contributed by atoms with E-state index in [2.05, 4.69) is 15.5 Å². The van der Waals surface area contributed by atoms with Gasteiger partial charge in [-0.2, -0.15) is 0 Å². The van der Waals surface area contributed by atoms with Crippen LogP contribution in [0.15, 0.2) is 0 Å². The number of carbonyl (C=O) groups excluding carboxylic acids is 1. The van der Waals surface area contributed by atoms with Crippen LogP contribution in [0.5, 0.6) is 0 Å². The van der Waals surface area contributed by atoms with Gasteiger partial charge in [-0.1, -0.05) is 0 Å². The molecule has 1 atom stereocenters. The molecule has 15 heavy (non-hydrogen) atoms. The fourth-order valence-electron chi connectivity index (χ4n) is 1.71. The van der Waals surface area contributed by atoms with Crippen molar-refractivity contribution in [1.29, 1.82) is 0 Å². The smallest absolute Gasteiger partial charge is 0.237 e. The number of hydrogen-bond donors (Lipinski definition) is 2. The molecule has 1 amide bonds. The molecule has 88 valence electrons. The Kier molecular flexibility index (Phi) is 4.11. The molecular weight excluding hydrogens is 190 g/mol. The first-order valence-electron chi connectivity index (χ1n) is 5.67. The van der Waals surface area contributed by atoms with E-state index in [1.807, 2.05) is 27.7 Å². The number of carbonyl (C=O) groups is 1. The Labute approximate surface area is 92.4 Å². The van der Waals surface area contributed by atoms with Gasteiger partial charge in [-0.3, -0.25) is 9.69 Å². The largest absolute Gasteiger partial charge is 0.350 e. The van der Waals surface area contributed by atoms with Crippen molar-refractivity contribution in [2.45, 2.75) is 39.3 Å². The predicted octanol–water partition coefficient (Wildman–Crippen LogP) is 0.195. The highest BCUT2D eigenvalue weighted by Gasteiger charge is 2.25. The number of nitrogens with zero attached hydrogens (tertiary/aromatic N) is 1. The molecule has 1 aliphatic rings. The van der Waals surface area contributed by atoms with E-state index in [0.717, 1.165) is 26.2 Å². The van der Waals surface area contributed by atoms with E-state index in [1.165, 1.54) is 0 Å². The lowest BCUT2D eigenvalue weighted by Gasteiger charge is -2.33. The zero-order chi connectivity index (χ0) is 11.5. The molecule has 1 rings (SSSR count). The molecule has 0 spiro atoms. The highest BCUT2D eigenvalue weighted by Crippen LogP contribution is 2.05. The van der Waals surface area contributed by atoms with Gasteiger partial charge in [-0.05, 0) is 27.7 Å². The molecule has 4 nitrogen and oxygen atoms in total. The van der Waals surface area contributed by atoms with Crippen LogP contribution in [0, 0.1) is 0 Å². The molecule has 0 aromatic carbocycles. The van der Waals surface area contributed by atoms with Gasteiger partial charge in [0, 0.05) is 31.7 Å². The van der Waals surface area contributed by atoms with Gasteiger partial charge in [-0.15, -0.1) is 0 Å². The Morgan fingerprint density at radius 3 is 2.33 bits per heavy atom. The summed E-state index contributed by atoms with van der Waals surface area (Å²) in [6.45, 7) is 11.9. The molecule has 1 unspecified atom stereocenters. The zero-order valence-electron chi connectivity index (χ0n) is 10.3. The van der Waals surface area contributed by atoms with Crippen LogP contribution >= 0.6 is 0 Å². The minimum atomic E-state index is -0.140. The molecule has 0 saturated carbocycles. The summed E-state index contributed by atoms with van der Waals surface area (Å²) in [5.41, 5.74) is -0.140. The number of amides is 1. The maximum atomic E-state index is 11.9. The van der Waals surface area contributed by atoms with Crippen LogP contribution in [0.3, 0.4) is 0 Å². The van der Waals surface area contributed by atoms with Gasteiger partial charge in [0.05, 0.1) is 6.04 Å². The van der Waals surface area contributed by atoms with Crippen LogP contribution in [-0.4, -0.2) is 48.6 Å². The van der Waals surface area contributed by atoms with Crippen LogP contribution < -0.4 is 10.6 Å². The van der Waals surface area contributed by atoms with Gasteiger partial charge in [0.15, 0.2) is 0 Å². The van der Waals surface area contributed by atoms with Crippen LogP contribution in [0.2, 0.25) is 0 Å². The first-order chi connectivity index (χ1) is 6.90. The highest BCUT2D eigenvalue weighted by molar-refractivity contribution is 5.81. The van der Waals surface area contributed by atoms with Gasteiger partial charge in [0.2, 0.25) is 5.91 Å². The Hall–Kier alpha value is -0.610. The standard InChI is InChI=1S/C11H23N3O/c1-9(10(15)13-11(2,3)4)14-7-5-12-6-8-14/h9,12H,5-8H2,1-4H3,(H,13,15). The topological polar surface area (TPSA) is 44.4 Å². The summed E-state index contributed by atoms with van der Waals surface area (Å²) >= 11 is 0. The predicted molar refractivity (Wildman–Crippen MR) is 61.8 cm³/mol. The second kappa shape index (κ2) is 4.94. The first-order valence-corrected chi connectivity index (χ1v) is 5.67. The normalized spacial score (nSPS) is 21.1. The van der Waals surface area contributed by atoms with E-state index in [-0.39, 0.29) is 17.5 Å². The van der Waals surface area contributed by atoms with Crippen molar-refractivity contribution in [1.82, 2.24) is 15.5 Å². The van der Waals surface area contributed by atoms with E-state index in [4.69, 9.17) is 0 Å². The fourth-order valence-corrected chi connectivity index (χ4v) is 1.71. The third-order valence-electron chi connectivity index (χ3n) is 2.58. The van der Waals surface area contributed by atoms with Crippen molar-refractivity contribution in [3.63, 3.8) is 0 Å². The second-order valence-electron chi connectivity index (χ2n) is 5.20. The van der Waals surface area contributed by atoms with Gasteiger partial charge in [0.25, 0.3) is 0 Å². The van der Waals surface area contributed by atoms with E-state index >= 15 is 0 Å². The Morgan fingerprint density at radius 2 is 1.87 bits per heavy atom. The fraction of sp³-hybridized carbons (Fsp3) is 0.909. The van der Waals surface area contributed by atoms with Crippen LogP contribution in [0.4, 0.5) is 0 Å². The third-order valence-corrected chi connectivity index (χ3v) is 2.58. The van der Waals surface area contributed by atoms with Crippen molar-refractivity contribution < 1.29 is 4.79 Å². The number of hydrogen-bond acceptors (Lipinski definition) is 3. The van der Waals surface area contributed by atoms with Crippen molar-refractivity contribution in [3.8, 4) is 0 Å². The number of piperazine rings is 1. The average Bonchev–Trinajstić information content (AvgIpc) is 2.15. The molecule has 1 aliphatic heterocycles. The Morgan fingerprint density at radius 1 is 1.33 bits per heavy atom. The molecule has 1 saturated heterocycles. The molecule has 2 N–H and O–H groups in total. The third kappa shape index (κ3) is 4.18. The van der Waals surface area contributed by atoms with E-state index in [1.54, 1.807) is 0 Å². The maximum absolute atomic E-state index is 11.9. The molecule has 0 aromatic heterocycles. The summed E-state index contributed by atoms with van der Waals surface area (Å²) < 4.78 is 0. The van der Waals surface area contributed by atoms with Crippen LogP contribution in [0.25, 0.3) is 0 Å². The quantitative estimate of drug-likeness (QED) is 0.688. The van der Waals surface area contributed by atoms with Crippen molar-refractivity contribution in [2.24, 2.45) is 0 Å². The lowest BCUT2D eigenvalue weighted by atomic mass is 10.1. The number of nitrogens with one attached hydrogen (secondary N) is 2. The summed E-state index contributed by atoms with van der Waals surface area (Å²) in [4.78, 5) is 14.1. The minimum absolute atomic E-state index is 0.0219. The van der Waals surface area contributed by atoms with E-state index in [9.17, 15) is 4.79 Å². The van der Waals surface area contributed by atoms with Gasteiger partial charge in [0.1, 0.15) is 0 Å². The first kappa shape index (κ1) is 12.5. The zero-order valence-corrected chi connectivity index (χ0v) is 10.3. The van der Waals surface area contributed by atoms with Crippen molar-refractivity contribution in [2.75, 3.05) is 26.2 Å². The van der Waals surface area contributed by atoms with Gasteiger partial charge in [-0.25, -0.2) is 0 Å². The molecule has 0 bridgehead atoms. The van der Waals surface area contributed by atoms with E-state index < -0.39 is 0 Å². The molecular formula is C11H23N3O. The lowest BCUT2D eigenvalue weighted by Crippen LogP contribution is -2.55. The molecule has 0 radical (unpaired) electrons. The SMILES string of the molecule is CC(C(=O)NC(C)(C)C)N1CCNCC1. The second-order valence-corrected chi connectivity index (χ2v) is 5.20. The van der Waals surface area contributed by atoms with Crippen LogP contribution in [0.1, 0.15) is 27.7 Å². The van der Waals surface area contributed by atoms with Gasteiger partial charge >= 0.3 is 0 Å².